The summed E-state index contributed by atoms with van der Waals surface area (Å²) < 4.78 is 37.0. The summed E-state index contributed by atoms with van der Waals surface area (Å²) in [5.41, 5.74) is 0. The molecule has 0 aliphatic carbocycles. The van der Waals surface area contributed by atoms with Gasteiger partial charge >= 0.3 is 11.9 Å². The van der Waals surface area contributed by atoms with E-state index in [1.165, 1.54) is 6.07 Å². The fourth-order valence-electron chi connectivity index (χ4n) is 1.24. The Hall–Kier alpha value is -1.93. The molecule has 0 saturated carbocycles. The maximum Gasteiger partial charge on any atom is 0.308 e. The van der Waals surface area contributed by atoms with E-state index in [1.807, 2.05) is 0 Å². The summed E-state index contributed by atoms with van der Waals surface area (Å²) in [5.74, 6) is -1.41. The van der Waals surface area contributed by atoms with E-state index in [0.717, 1.165) is 33.1 Å². The highest BCUT2D eigenvalue weighted by molar-refractivity contribution is 7.86. The quantitative estimate of drug-likeness (QED) is 0.461. The summed E-state index contributed by atoms with van der Waals surface area (Å²) >= 11 is 0. The number of rotatable bonds is 4. The molecule has 1 aromatic carbocycles. The Kier molecular flexibility index (Phi) is 4.62. The van der Waals surface area contributed by atoms with Gasteiger partial charge in [-0.05, 0) is 0 Å². The molecule has 0 spiro atoms. The molecule has 0 bridgehead atoms. The lowest BCUT2D eigenvalue weighted by molar-refractivity contribution is -0.132. The molecular weight excluding hydrogens is 276 g/mol. The molecule has 1 aromatic rings. The third-order valence-corrected chi connectivity index (χ3v) is 3.14. The Morgan fingerprint density at radius 1 is 0.947 bits per heavy atom. The number of ether oxygens (including phenoxy) is 2. The van der Waals surface area contributed by atoms with E-state index < -0.39 is 22.1 Å². The van der Waals surface area contributed by atoms with E-state index in [0.29, 0.717) is 0 Å². The van der Waals surface area contributed by atoms with Crippen molar-refractivity contribution < 1.29 is 31.7 Å². The van der Waals surface area contributed by atoms with Crippen LogP contribution in [0.2, 0.25) is 0 Å². The predicted molar refractivity (Wildman–Crippen MR) is 63.3 cm³/mol. The van der Waals surface area contributed by atoms with Crippen LogP contribution in [0.25, 0.3) is 0 Å². The van der Waals surface area contributed by atoms with Crippen LogP contribution in [0.15, 0.2) is 23.1 Å². The maximum atomic E-state index is 11.6. The molecule has 0 saturated heterocycles. The van der Waals surface area contributed by atoms with Gasteiger partial charge in [0.2, 0.25) is 0 Å². The SMILES string of the molecule is COS(=O)(=O)c1cc(OC(C)=O)cc(OC(C)=O)c1. The number of carbonyl (C=O) groups excluding carboxylic acids is 2. The van der Waals surface area contributed by atoms with Gasteiger partial charge in [0.15, 0.2) is 0 Å². The van der Waals surface area contributed by atoms with Gasteiger partial charge in [0.05, 0.1) is 7.11 Å². The maximum absolute atomic E-state index is 11.6. The van der Waals surface area contributed by atoms with E-state index in [1.54, 1.807) is 0 Å². The summed E-state index contributed by atoms with van der Waals surface area (Å²) in [6.45, 7) is 2.31. The molecule has 0 N–H and O–H groups in total. The van der Waals surface area contributed by atoms with Crippen molar-refractivity contribution in [2.24, 2.45) is 0 Å². The van der Waals surface area contributed by atoms with Crippen LogP contribution >= 0.6 is 0 Å². The average Bonchev–Trinajstić information content (AvgIpc) is 2.26. The van der Waals surface area contributed by atoms with Crippen molar-refractivity contribution in [3.8, 4) is 11.5 Å². The molecule has 0 amide bonds. The molecule has 0 heterocycles. The zero-order valence-electron chi connectivity index (χ0n) is 10.5. The lowest BCUT2D eigenvalue weighted by atomic mass is 10.3. The van der Waals surface area contributed by atoms with E-state index >= 15 is 0 Å². The van der Waals surface area contributed by atoms with Gasteiger partial charge < -0.3 is 9.47 Å². The lowest BCUT2D eigenvalue weighted by Gasteiger charge is -2.08. The molecule has 0 fully saturated rings. The van der Waals surface area contributed by atoms with Crippen LogP contribution in [0.4, 0.5) is 0 Å². The normalized spacial score (nSPS) is 10.9. The standard InChI is InChI=1S/C11H12O7S/c1-7(12)17-9-4-10(18-8(2)13)6-11(5-9)19(14,15)16-3/h4-6H,1-3H3. The minimum absolute atomic E-state index is 0.0677. The Balaban J connectivity index is 3.31. The Bertz CT molecular complexity index is 569. The minimum Gasteiger partial charge on any atom is -0.427 e. The minimum atomic E-state index is -4.00. The average molecular weight is 288 g/mol. The molecule has 0 aromatic heterocycles. The van der Waals surface area contributed by atoms with Crippen LogP contribution in [-0.4, -0.2) is 27.5 Å². The fourth-order valence-corrected chi connectivity index (χ4v) is 1.95. The van der Waals surface area contributed by atoms with Gasteiger partial charge in [-0.25, -0.2) is 0 Å². The molecule has 7 nitrogen and oxygen atoms in total. The Morgan fingerprint density at radius 2 is 1.37 bits per heavy atom. The first-order valence-electron chi connectivity index (χ1n) is 5.07. The first-order valence-corrected chi connectivity index (χ1v) is 6.48. The second-order valence-corrected chi connectivity index (χ2v) is 5.16. The molecule has 0 radical (unpaired) electrons. The van der Waals surface area contributed by atoms with Gasteiger partial charge in [0.1, 0.15) is 16.4 Å². The molecule has 8 heteroatoms. The molecule has 1 rings (SSSR count). The van der Waals surface area contributed by atoms with Crippen molar-refractivity contribution in [1.29, 1.82) is 0 Å². The van der Waals surface area contributed by atoms with Gasteiger partial charge in [-0.1, -0.05) is 0 Å². The number of hydrogen-bond donors (Lipinski definition) is 0. The summed E-state index contributed by atoms with van der Waals surface area (Å²) in [7, 11) is -3.01. The summed E-state index contributed by atoms with van der Waals surface area (Å²) in [5, 5.41) is 0. The Labute approximate surface area is 110 Å². The molecule has 104 valence electrons. The second kappa shape index (κ2) is 5.81. The van der Waals surface area contributed by atoms with Crippen molar-refractivity contribution in [3.05, 3.63) is 18.2 Å². The number of carbonyl (C=O) groups is 2. The van der Waals surface area contributed by atoms with Crippen molar-refractivity contribution in [1.82, 2.24) is 0 Å². The van der Waals surface area contributed by atoms with Gasteiger partial charge in [0, 0.05) is 32.0 Å². The molecular formula is C11H12O7S. The molecule has 19 heavy (non-hydrogen) atoms. The van der Waals surface area contributed by atoms with Gasteiger partial charge in [-0.15, -0.1) is 0 Å². The molecule has 0 aliphatic rings. The first kappa shape index (κ1) is 15.1. The first-order chi connectivity index (χ1) is 8.74. The third-order valence-electron chi connectivity index (χ3n) is 1.88. The predicted octanol–water partition coefficient (Wildman–Crippen LogP) is 0.872. The highest BCUT2D eigenvalue weighted by Gasteiger charge is 2.17. The van der Waals surface area contributed by atoms with Gasteiger partial charge in [-0.2, -0.15) is 8.42 Å². The van der Waals surface area contributed by atoms with Crippen molar-refractivity contribution in [2.75, 3.05) is 7.11 Å². The van der Waals surface area contributed by atoms with Gasteiger partial charge in [-0.3, -0.25) is 13.8 Å². The topological polar surface area (TPSA) is 96.0 Å². The third kappa shape index (κ3) is 4.34. The summed E-state index contributed by atoms with van der Waals surface area (Å²) in [4.78, 5) is 21.4. The van der Waals surface area contributed by atoms with Crippen LogP contribution in [0, 0.1) is 0 Å². The summed E-state index contributed by atoms with van der Waals surface area (Å²) in [6.07, 6.45) is 0. The van der Waals surface area contributed by atoms with Crippen LogP contribution in [-0.2, 0) is 23.9 Å². The van der Waals surface area contributed by atoms with Crippen molar-refractivity contribution in [2.45, 2.75) is 18.7 Å². The van der Waals surface area contributed by atoms with E-state index in [9.17, 15) is 18.0 Å². The van der Waals surface area contributed by atoms with Crippen LogP contribution in [0.3, 0.4) is 0 Å². The highest BCUT2D eigenvalue weighted by atomic mass is 32.2. The lowest BCUT2D eigenvalue weighted by Crippen LogP contribution is -2.08. The van der Waals surface area contributed by atoms with Crippen LogP contribution in [0.1, 0.15) is 13.8 Å². The van der Waals surface area contributed by atoms with E-state index in [-0.39, 0.29) is 16.4 Å². The summed E-state index contributed by atoms with van der Waals surface area (Å²) in [6, 6.07) is 3.40. The highest BCUT2D eigenvalue weighted by Crippen LogP contribution is 2.27. The van der Waals surface area contributed by atoms with E-state index in [2.05, 4.69) is 4.18 Å². The van der Waals surface area contributed by atoms with Crippen LogP contribution < -0.4 is 9.47 Å². The zero-order chi connectivity index (χ0) is 14.6. The van der Waals surface area contributed by atoms with E-state index in [4.69, 9.17) is 9.47 Å². The fraction of sp³-hybridized carbons (Fsp3) is 0.273. The molecule has 0 unspecified atom stereocenters. The monoisotopic (exact) mass is 288 g/mol. The van der Waals surface area contributed by atoms with Crippen molar-refractivity contribution >= 4 is 22.1 Å². The number of hydrogen-bond acceptors (Lipinski definition) is 7. The van der Waals surface area contributed by atoms with Crippen LogP contribution in [0.5, 0.6) is 11.5 Å². The van der Waals surface area contributed by atoms with Gasteiger partial charge in [0.25, 0.3) is 10.1 Å². The number of benzene rings is 1. The molecule has 0 aliphatic heterocycles. The largest absolute Gasteiger partial charge is 0.427 e. The number of esters is 2. The Morgan fingerprint density at radius 3 is 1.68 bits per heavy atom. The van der Waals surface area contributed by atoms with Crippen molar-refractivity contribution in [3.63, 3.8) is 0 Å². The molecule has 0 atom stereocenters. The smallest absolute Gasteiger partial charge is 0.308 e. The second-order valence-electron chi connectivity index (χ2n) is 3.45. The zero-order valence-corrected chi connectivity index (χ0v) is 11.3.